The molecule has 0 atom stereocenters. The predicted molar refractivity (Wildman–Crippen MR) is 101 cm³/mol. The molecule has 0 amide bonds. The summed E-state index contributed by atoms with van der Waals surface area (Å²) in [6.07, 6.45) is 0. The molecule has 0 saturated heterocycles. The van der Waals surface area contributed by atoms with Gasteiger partial charge in [-0.2, -0.15) is 33.7 Å². The number of carboxylic acids is 2. The van der Waals surface area contributed by atoms with Gasteiger partial charge in [-0.1, -0.05) is 24.3 Å². The molecule has 0 aromatic heterocycles. The minimum absolute atomic E-state index is 0. The van der Waals surface area contributed by atoms with Crippen molar-refractivity contribution in [3.8, 4) is 0 Å². The molecule has 0 aliphatic heterocycles. The molecular formula is C14H10Na2O16S4. The summed E-state index contributed by atoms with van der Waals surface area (Å²) in [4.78, 5) is 15.8. The van der Waals surface area contributed by atoms with Crippen molar-refractivity contribution in [2.75, 3.05) is 0 Å². The van der Waals surface area contributed by atoms with Crippen LogP contribution in [0.3, 0.4) is 0 Å². The number of hydrogen-bond acceptors (Lipinski definition) is 12. The van der Waals surface area contributed by atoms with Gasteiger partial charge in [-0.15, -0.1) is 0 Å². The summed E-state index contributed by atoms with van der Waals surface area (Å²) in [5.41, 5.74) is -2.13. The molecule has 2 rings (SSSR count). The molecule has 0 fully saturated rings. The Hall–Kier alpha value is -0.980. The topological polar surface area (TPSA) is 298 Å². The zero-order chi connectivity index (χ0) is 26.9. The summed E-state index contributed by atoms with van der Waals surface area (Å²) in [5.74, 6) is -4.02. The molecule has 0 spiro atoms. The zero-order valence-electron chi connectivity index (χ0n) is 17.8. The van der Waals surface area contributed by atoms with Gasteiger partial charge in [0.25, 0.3) is 40.5 Å². The number of benzene rings is 2. The zero-order valence-corrected chi connectivity index (χ0v) is 25.1. The maximum atomic E-state index is 10.9. The van der Waals surface area contributed by atoms with Crippen LogP contribution in [0.1, 0.15) is 20.7 Å². The van der Waals surface area contributed by atoms with Crippen LogP contribution in [0.4, 0.5) is 0 Å². The van der Waals surface area contributed by atoms with E-state index in [1.165, 1.54) is 0 Å². The Morgan fingerprint density at radius 2 is 0.778 bits per heavy atom. The molecule has 0 aliphatic rings. The Balaban J connectivity index is 0. The molecule has 2 aromatic carbocycles. The molecule has 0 heterocycles. The number of carbonyl (C=O) groups is 2. The van der Waals surface area contributed by atoms with Gasteiger partial charge in [0.15, 0.2) is 0 Å². The third kappa shape index (κ3) is 9.72. The second-order valence-electron chi connectivity index (χ2n) is 5.74. The smallest absolute Gasteiger partial charge is 0.545 e. The minimum atomic E-state index is -5.15. The number of aromatic carboxylic acids is 2. The van der Waals surface area contributed by atoms with Gasteiger partial charge in [0, 0.05) is 11.1 Å². The monoisotopic (exact) mass is 608 g/mol. The van der Waals surface area contributed by atoms with Crippen LogP contribution in [0.5, 0.6) is 0 Å². The van der Waals surface area contributed by atoms with E-state index in [1.54, 1.807) is 0 Å². The van der Waals surface area contributed by atoms with E-state index in [0.29, 0.717) is 24.3 Å². The van der Waals surface area contributed by atoms with Gasteiger partial charge in [0.1, 0.15) is 19.6 Å². The Kier molecular flexibility index (Phi) is 13.6. The van der Waals surface area contributed by atoms with Crippen LogP contribution in [0.2, 0.25) is 0 Å². The first-order valence-corrected chi connectivity index (χ1v) is 13.4. The second-order valence-corrected chi connectivity index (χ2v) is 11.2. The summed E-state index contributed by atoms with van der Waals surface area (Å²) in [6, 6.07) is 4.45. The van der Waals surface area contributed by atoms with E-state index in [4.69, 9.17) is 18.2 Å². The average molecular weight is 608 g/mol. The SMILES string of the molecule is O=C([O-])c1cccc(S(=O)(=O)O)c1S(=O)(=O)O.O=C([O-])c1cccc(S(=O)(=O)O)c1S(=O)(=O)O.[Na+].[Na+]. The van der Waals surface area contributed by atoms with Gasteiger partial charge in [0.2, 0.25) is 0 Å². The molecule has 0 radical (unpaired) electrons. The maximum Gasteiger partial charge on any atom is 1.00 e. The van der Waals surface area contributed by atoms with Crippen LogP contribution in [-0.4, -0.2) is 63.8 Å². The Morgan fingerprint density at radius 1 is 0.528 bits per heavy atom. The molecule has 188 valence electrons. The number of carboxylic acid groups (broad SMARTS) is 2. The van der Waals surface area contributed by atoms with Gasteiger partial charge in [-0.25, -0.2) is 0 Å². The van der Waals surface area contributed by atoms with Crippen molar-refractivity contribution in [2.24, 2.45) is 0 Å². The van der Waals surface area contributed by atoms with Crippen molar-refractivity contribution in [3.05, 3.63) is 47.5 Å². The fraction of sp³-hybridized carbons (Fsp3) is 0. The molecule has 2 aromatic rings. The van der Waals surface area contributed by atoms with Crippen molar-refractivity contribution >= 4 is 52.4 Å². The fourth-order valence-corrected chi connectivity index (χ4v) is 6.25. The van der Waals surface area contributed by atoms with Gasteiger partial charge >= 0.3 is 59.1 Å². The predicted octanol–water partition coefficient (Wildman–Crippen LogP) is -8.91. The van der Waals surface area contributed by atoms with E-state index in [1.807, 2.05) is 0 Å². The summed E-state index contributed by atoms with van der Waals surface area (Å²) in [7, 11) is -20.3. The Morgan fingerprint density at radius 3 is 0.944 bits per heavy atom. The molecule has 16 nitrogen and oxygen atoms in total. The first-order chi connectivity index (χ1) is 15.1. The van der Waals surface area contributed by atoms with Crippen LogP contribution in [0.25, 0.3) is 0 Å². The summed E-state index contributed by atoms with van der Waals surface area (Å²) in [6.45, 7) is 0. The van der Waals surface area contributed by atoms with Crippen LogP contribution in [-0.2, 0) is 40.5 Å². The van der Waals surface area contributed by atoms with E-state index < -0.39 is 83.1 Å². The summed E-state index contributed by atoms with van der Waals surface area (Å²) < 4.78 is 122. The minimum Gasteiger partial charge on any atom is -0.545 e. The van der Waals surface area contributed by atoms with E-state index in [9.17, 15) is 53.5 Å². The van der Waals surface area contributed by atoms with Crippen molar-refractivity contribution in [3.63, 3.8) is 0 Å². The first-order valence-electron chi connectivity index (χ1n) is 7.68. The largest absolute Gasteiger partial charge is 1.00 e. The first kappa shape index (κ1) is 37.2. The summed E-state index contributed by atoms with van der Waals surface area (Å²) >= 11 is 0. The van der Waals surface area contributed by atoms with E-state index in [-0.39, 0.29) is 59.1 Å². The number of hydrogen-bond donors (Lipinski definition) is 4. The molecule has 0 bridgehead atoms. The Bertz CT molecular complexity index is 1470. The number of rotatable bonds is 6. The number of carbonyl (C=O) groups excluding carboxylic acids is 2. The fourth-order valence-electron chi connectivity index (χ4n) is 2.29. The standard InChI is InChI=1S/2C7H6O8S2.2Na/c2*8-7(9)4-2-1-3-5(16(10,11)12)6(4)17(13,14)15;;/h2*1-3H,(H,8,9)(H,10,11,12)(H,13,14,15);;/q;;2*+1/p-2. The van der Waals surface area contributed by atoms with E-state index >= 15 is 0 Å². The van der Waals surface area contributed by atoms with Crippen molar-refractivity contribution in [2.45, 2.75) is 19.6 Å². The van der Waals surface area contributed by atoms with Gasteiger partial charge < -0.3 is 19.8 Å². The van der Waals surface area contributed by atoms with Crippen LogP contribution in [0.15, 0.2) is 56.0 Å². The molecule has 0 unspecified atom stereocenters. The van der Waals surface area contributed by atoms with Crippen LogP contribution >= 0.6 is 0 Å². The maximum absolute atomic E-state index is 10.9. The molecule has 0 aliphatic carbocycles. The van der Waals surface area contributed by atoms with Gasteiger partial charge in [0.05, 0.1) is 11.9 Å². The van der Waals surface area contributed by atoms with Crippen LogP contribution < -0.4 is 69.3 Å². The average Bonchev–Trinajstić information content (AvgIpc) is 2.64. The van der Waals surface area contributed by atoms with Crippen molar-refractivity contribution < 1.29 is 131 Å². The molecule has 0 saturated carbocycles. The molecular weight excluding hydrogens is 598 g/mol. The third-order valence-corrected chi connectivity index (χ3v) is 7.43. The normalized spacial score (nSPS) is 11.7. The van der Waals surface area contributed by atoms with Gasteiger partial charge in [-0.3, -0.25) is 18.2 Å². The Labute approximate surface area is 247 Å². The molecule has 36 heavy (non-hydrogen) atoms. The van der Waals surface area contributed by atoms with Crippen LogP contribution in [0, 0.1) is 0 Å². The van der Waals surface area contributed by atoms with Crippen molar-refractivity contribution in [1.29, 1.82) is 0 Å². The second kappa shape index (κ2) is 13.2. The van der Waals surface area contributed by atoms with E-state index in [0.717, 1.165) is 12.1 Å². The molecule has 22 heteroatoms. The van der Waals surface area contributed by atoms with E-state index in [2.05, 4.69) is 0 Å². The summed E-state index contributed by atoms with van der Waals surface area (Å²) in [5, 5.41) is 21.2. The quantitative estimate of drug-likeness (QED) is 0.175. The molecule has 4 N–H and O–H groups in total. The van der Waals surface area contributed by atoms with Gasteiger partial charge in [-0.05, 0) is 12.1 Å². The van der Waals surface area contributed by atoms with Crippen molar-refractivity contribution in [1.82, 2.24) is 0 Å². The third-order valence-electron chi connectivity index (χ3n) is 3.47.